The first-order valence-corrected chi connectivity index (χ1v) is 12.6. The van der Waals surface area contributed by atoms with Crippen LogP contribution in [-0.4, -0.2) is 33.4 Å². The van der Waals surface area contributed by atoms with E-state index in [-0.39, 0.29) is 11.8 Å². The van der Waals surface area contributed by atoms with Gasteiger partial charge >= 0.3 is 0 Å². The molecule has 1 saturated heterocycles. The Hall–Kier alpha value is -2.88. The maximum absolute atomic E-state index is 13.4. The molecule has 1 aromatic heterocycles. The molecule has 172 valence electrons. The highest BCUT2D eigenvalue weighted by Crippen LogP contribution is 2.37. The van der Waals surface area contributed by atoms with Gasteiger partial charge in [-0.1, -0.05) is 74.4 Å². The number of carbonyl (C=O) groups is 1. The van der Waals surface area contributed by atoms with Crippen LogP contribution in [0.25, 0.3) is 0 Å². The van der Waals surface area contributed by atoms with E-state index in [1.807, 2.05) is 12.4 Å². The molecule has 1 aliphatic heterocycles. The Morgan fingerprint density at radius 3 is 2.39 bits per heavy atom. The minimum Gasteiger partial charge on any atom is -0.341 e. The van der Waals surface area contributed by atoms with E-state index in [9.17, 15) is 4.79 Å². The van der Waals surface area contributed by atoms with Gasteiger partial charge in [0.25, 0.3) is 0 Å². The molecule has 2 heterocycles. The summed E-state index contributed by atoms with van der Waals surface area (Å²) in [6.07, 6.45) is 10.7. The normalized spacial score (nSPS) is 21.4. The lowest BCUT2D eigenvalue weighted by atomic mass is 9.82. The third kappa shape index (κ3) is 5.05. The molecule has 2 aromatic carbocycles. The van der Waals surface area contributed by atoms with Crippen molar-refractivity contribution in [2.45, 2.75) is 63.8 Å². The molecular weight excluding hydrogens is 406 g/mol. The molecule has 1 amide bonds. The van der Waals surface area contributed by atoms with Gasteiger partial charge in [0.05, 0.1) is 12.0 Å². The summed E-state index contributed by atoms with van der Waals surface area (Å²) in [7, 11) is 0. The van der Waals surface area contributed by atoms with Gasteiger partial charge in [-0.25, -0.2) is 4.98 Å². The van der Waals surface area contributed by atoms with Crippen molar-refractivity contribution in [2.24, 2.45) is 5.92 Å². The van der Waals surface area contributed by atoms with Gasteiger partial charge in [-0.15, -0.1) is 0 Å². The fraction of sp³-hybridized carbons (Fsp3) is 0.448. The van der Waals surface area contributed by atoms with Gasteiger partial charge < -0.3 is 9.47 Å². The number of hydrogen-bond acceptors (Lipinski definition) is 2. The number of piperidine rings is 1. The number of nitrogens with zero attached hydrogens (tertiary/aromatic N) is 3. The van der Waals surface area contributed by atoms with Crippen LogP contribution in [0.15, 0.2) is 67.1 Å². The zero-order valence-electron chi connectivity index (χ0n) is 19.7. The minimum absolute atomic E-state index is 0.225. The second-order valence-corrected chi connectivity index (χ2v) is 9.91. The largest absolute Gasteiger partial charge is 0.341 e. The lowest BCUT2D eigenvalue weighted by molar-refractivity contribution is -0.137. The lowest BCUT2D eigenvalue weighted by Crippen LogP contribution is -2.44. The Balaban J connectivity index is 1.37. The van der Waals surface area contributed by atoms with Crippen molar-refractivity contribution >= 4 is 5.91 Å². The summed E-state index contributed by atoms with van der Waals surface area (Å²) < 4.78 is 2.17. The Labute approximate surface area is 197 Å². The van der Waals surface area contributed by atoms with Crippen LogP contribution in [0.2, 0.25) is 0 Å². The summed E-state index contributed by atoms with van der Waals surface area (Å²) in [4.78, 5) is 20.4. The van der Waals surface area contributed by atoms with Crippen molar-refractivity contribution in [3.63, 3.8) is 0 Å². The number of amides is 1. The predicted octanol–water partition coefficient (Wildman–Crippen LogP) is 5.78. The zero-order chi connectivity index (χ0) is 22.6. The quantitative estimate of drug-likeness (QED) is 0.486. The maximum Gasteiger partial charge on any atom is 0.225 e. The number of likely N-dealkylation sites (tertiary alicyclic amines) is 1. The molecule has 33 heavy (non-hydrogen) atoms. The third-order valence-corrected chi connectivity index (χ3v) is 7.61. The molecule has 4 nitrogen and oxygen atoms in total. The van der Waals surface area contributed by atoms with Crippen molar-refractivity contribution < 1.29 is 4.79 Å². The molecule has 0 spiro atoms. The van der Waals surface area contributed by atoms with E-state index < -0.39 is 0 Å². The molecule has 1 saturated carbocycles. The van der Waals surface area contributed by atoms with E-state index in [0.717, 1.165) is 51.0 Å². The Morgan fingerprint density at radius 1 is 0.939 bits per heavy atom. The number of rotatable bonds is 6. The minimum atomic E-state index is 0.225. The van der Waals surface area contributed by atoms with E-state index in [4.69, 9.17) is 4.98 Å². The molecule has 1 aliphatic carbocycles. The van der Waals surface area contributed by atoms with E-state index in [1.54, 1.807) is 0 Å². The summed E-state index contributed by atoms with van der Waals surface area (Å²) in [6.45, 7) is 4.65. The maximum atomic E-state index is 13.4. The van der Waals surface area contributed by atoms with Crippen molar-refractivity contribution in [3.8, 4) is 0 Å². The lowest BCUT2D eigenvalue weighted by Gasteiger charge is -2.39. The molecule has 0 N–H and O–H groups in total. The first kappa shape index (κ1) is 21.9. The Morgan fingerprint density at radius 2 is 1.67 bits per heavy atom. The molecule has 2 atom stereocenters. The topological polar surface area (TPSA) is 38.1 Å². The van der Waals surface area contributed by atoms with Gasteiger partial charge in [0.2, 0.25) is 5.91 Å². The molecule has 4 heteroatoms. The molecule has 5 rings (SSSR count). The Bertz CT molecular complexity index is 1050. The van der Waals surface area contributed by atoms with E-state index in [0.29, 0.717) is 11.8 Å². The summed E-state index contributed by atoms with van der Waals surface area (Å²) in [5.41, 5.74) is 5.11. The highest BCUT2D eigenvalue weighted by Gasteiger charge is 2.36. The van der Waals surface area contributed by atoms with Crippen LogP contribution in [0.3, 0.4) is 0 Å². The van der Waals surface area contributed by atoms with Crippen LogP contribution in [0.5, 0.6) is 0 Å². The van der Waals surface area contributed by atoms with Gasteiger partial charge in [0.1, 0.15) is 0 Å². The fourth-order valence-electron chi connectivity index (χ4n) is 5.66. The average molecular weight is 442 g/mol. The van der Waals surface area contributed by atoms with E-state index >= 15 is 0 Å². The second kappa shape index (κ2) is 9.94. The average Bonchev–Trinajstić information content (AvgIpc) is 3.57. The van der Waals surface area contributed by atoms with E-state index in [1.165, 1.54) is 29.5 Å². The third-order valence-electron chi connectivity index (χ3n) is 7.61. The summed E-state index contributed by atoms with van der Waals surface area (Å²) in [5, 5.41) is 0. The number of hydrogen-bond donors (Lipinski definition) is 0. The molecule has 2 fully saturated rings. The van der Waals surface area contributed by atoms with Crippen molar-refractivity contribution in [1.82, 2.24) is 14.5 Å². The zero-order valence-corrected chi connectivity index (χ0v) is 19.7. The predicted molar refractivity (Wildman–Crippen MR) is 132 cm³/mol. The molecule has 2 unspecified atom stereocenters. The smallest absolute Gasteiger partial charge is 0.225 e. The number of aromatic nitrogens is 2. The fourth-order valence-corrected chi connectivity index (χ4v) is 5.66. The summed E-state index contributed by atoms with van der Waals surface area (Å²) in [5.74, 6) is 1.23. The monoisotopic (exact) mass is 441 g/mol. The summed E-state index contributed by atoms with van der Waals surface area (Å²) in [6, 6.07) is 19.6. The number of carbonyl (C=O) groups excluding carboxylic acids is 1. The molecule has 2 aliphatic rings. The van der Waals surface area contributed by atoms with Crippen molar-refractivity contribution in [1.29, 1.82) is 0 Å². The highest BCUT2D eigenvalue weighted by molar-refractivity contribution is 5.79. The summed E-state index contributed by atoms with van der Waals surface area (Å²) >= 11 is 0. The van der Waals surface area contributed by atoms with E-state index in [2.05, 4.69) is 71.1 Å². The van der Waals surface area contributed by atoms with Crippen molar-refractivity contribution in [2.75, 3.05) is 13.1 Å². The first-order valence-electron chi connectivity index (χ1n) is 12.6. The highest BCUT2D eigenvalue weighted by atomic mass is 16.2. The number of benzene rings is 2. The number of aryl methyl sites for hydroxylation is 1. The van der Waals surface area contributed by atoms with Gasteiger partial charge in [-0.3, -0.25) is 4.79 Å². The van der Waals surface area contributed by atoms with Gasteiger partial charge in [-0.2, -0.15) is 0 Å². The van der Waals surface area contributed by atoms with Crippen LogP contribution >= 0.6 is 0 Å². The number of imidazole rings is 1. The van der Waals surface area contributed by atoms with Crippen LogP contribution in [0, 0.1) is 5.92 Å². The van der Waals surface area contributed by atoms with Crippen LogP contribution < -0.4 is 0 Å². The first-order chi connectivity index (χ1) is 16.2. The molecule has 3 aromatic rings. The second-order valence-electron chi connectivity index (χ2n) is 9.91. The van der Waals surface area contributed by atoms with Crippen LogP contribution in [0.1, 0.15) is 73.2 Å². The van der Waals surface area contributed by atoms with Gasteiger partial charge in [0, 0.05) is 43.6 Å². The molecule has 0 radical (unpaired) electrons. The Kier molecular flexibility index (Phi) is 6.61. The standard InChI is InChI=1S/C29H35N3O/c1-2-22-12-14-24(15-13-22)26-16-27(19-32(18-26)29(33)25-10-6-7-11-25)28-20-31(21-30-28)17-23-8-4-3-5-9-23/h3-5,8-9,12-15,20-21,25-27H,2,6-7,10-11,16-19H2,1H3. The molecular formula is C29H35N3O. The molecule has 0 bridgehead atoms. The van der Waals surface area contributed by atoms with Crippen LogP contribution in [-0.2, 0) is 17.8 Å². The van der Waals surface area contributed by atoms with Gasteiger partial charge in [0.15, 0.2) is 0 Å². The van der Waals surface area contributed by atoms with Gasteiger partial charge in [-0.05, 0) is 42.4 Å². The SMILES string of the molecule is CCc1ccc(C2CC(c3cn(Cc4ccccc4)cn3)CN(C(=O)C3CCCC3)C2)cc1. The van der Waals surface area contributed by atoms with Crippen molar-refractivity contribution in [3.05, 3.63) is 89.5 Å². The van der Waals surface area contributed by atoms with Crippen LogP contribution in [0.4, 0.5) is 0 Å².